The molecule has 0 aromatic carbocycles. The Bertz CT molecular complexity index is 294. The van der Waals surface area contributed by atoms with Gasteiger partial charge in [0.2, 0.25) is 0 Å². The van der Waals surface area contributed by atoms with Gasteiger partial charge in [-0.2, -0.15) is 18.3 Å². The molecule has 1 aromatic rings. The average Bonchev–Trinajstić information content (AvgIpc) is 2.29. The Kier molecular flexibility index (Phi) is 2.70. The first-order valence-corrected chi connectivity index (χ1v) is 3.76. The molecule has 0 aliphatic heterocycles. The summed E-state index contributed by atoms with van der Waals surface area (Å²) in [6.45, 7) is -1.11. The molecule has 0 atom stereocenters. The minimum atomic E-state index is -4.25. The summed E-state index contributed by atoms with van der Waals surface area (Å²) >= 11 is 5.61. The van der Waals surface area contributed by atoms with E-state index in [1.54, 1.807) is 7.05 Å². The topological polar surface area (TPSA) is 29.9 Å². The van der Waals surface area contributed by atoms with Crippen LogP contribution in [0.4, 0.5) is 18.9 Å². The van der Waals surface area contributed by atoms with Crippen molar-refractivity contribution in [3.05, 3.63) is 11.3 Å². The highest BCUT2D eigenvalue weighted by atomic mass is 35.5. The van der Waals surface area contributed by atoms with Crippen molar-refractivity contribution < 1.29 is 13.2 Å². The molecule has 0 bridgehead atoms. The van der Waals surface area contributed by atoms with E-state index in [0.29, 0.717) is 0 Å². The lowest BCUT2D eigenvalue weighted by molar-refractivity contribution is -0.115. The van der Waals surface area contributed by atoms with Crippen LogP contribution in [0.15, 0.2) is 6.20 Å². The van der Waals surface area contributed by atoms with Crippen LogP contribution in [-0.2, 0) is 7.05 Å². The molecule has 3 nitrogen and oxygen atoms in total. The Hall–Kier alpha value is -0.910. The molecule has 0 aliphatic carbocycles. The van der Waals surface area contributed by atoms with Crippen molar-refractivity contribution >= 4 is 17.3 Å². The quantitative estimate of drug-likeness (QED) is 0.815. The van der Waals surface area contributed by atoms with Crippen LogP contribution < -0.4 is 5.32 Å². The van der Waals surface area contributed by atoms with Crippen LogP contribution in [0.25, 0.3) is 0 Å². The number of alkyl halides is 3. The van der Waals surface area contributed by atoms with Crippen LogP contribution in [0.3, 0.4) is 0 Å². The van der Waals surface area contributed by atoms with Crippen LogP contribution in [-0.4, -0.2) is 22.5 Å². The van der Waals surface area contributed by atoms with Gasteiger partial charge in [-0.3, -0.25) is 4.68 Å². The minimum Gasteiger partial charge on any atom is -0.373 e. The normalized spacial score (nSPS) is 11.8. The number of halogens is 4. The van der Waals surface area contributed by atoms with Crippen molar-refractivity contribution in [2.75, 3.05) is 11.9 Å². The summed E-state index contributed by atoms with van der Waals surface area (Å²) in [5.41, 5.74) is 0.182. The fourth-order valence-electron chi connectivity index (χ4n) is 0.737. The van der Waals surface area contributed by atoms with Crippen molar-refractivity contribution in [1.29, 1.82) is 0 Å². The molecular formula is C6H7ClF3N3. The second-order valence-electron chi connectivity index (χ2n) is 2.44. The molecule has 0 aliphatic rings. The van der Waals surface area contributed by atoms with E-state index in [2.05, 4.69) is 10.4 Å². The van der Waals surface area contributed by atoms with Crippen LogP contribution in [0, 0.1) is 0 Å². The maximum Gasteiger partial charge on any atom is 0.405 e. The molecule has 1 rings (SSSR count). The monoisotopic (exact) mass is 213 g/mol. The van der Waals surface area contributed by atoms with Gasteiger partial charge in [0.25, 0.3) is 0 Å². The van der Waals surface area contributed by atoms with Gasteiger partial charge in [-0.05, 0) is 0 Å². The first-order valence-electron chi connectivity index (χ1n) is 3.38. The van der Waals surface area contributed by atoms with Gasteiger partial charge < -0.3 is 5.32 Å². The van der Waals surface area contributed by atoms with E-state index in [9.17, 15) is 13.2 Å². The maximum absolute atomic E-state index is 11.7. The lowest BCUT2D eigenvalue weighted by atomic mass is 10.5. The van der Waals surface area contributed by atoms with Gasteiger partial charge in [0.05, 0.1) is 11.9 Å². The van der Waals surface area contributed by atoms with Crippen molar-refractivity contribution in [3.63, 3.8) is 0 Å². The highest BCUT2D eigenvalue weighted by molar-refractivity contribution is 6.32. The van der Waals surface area contributed by atoms with Crippen LogP contribution in [0.1, 0.15) is 0 Å². The third kappa shape index (κ3) is 2.80. The lowest BCUT2D eigenvalue weighted by Gasteiger charge is -2.07. The van der Waals surface area contributed by atoms with Gasteiger partial charge in [-0.15, -0.1) is 0 Å². The number of nitrogens with one attached hydrogen (secondary N) is 1. The smallest absolute Gasteiger partial charge is 0.373 e. The Morgan fingerprint density at radius 3 is 2.62 bits per heavy atom. The second-order valence-corrected chi connectivity index (χ2v) is 2.80. The van der Waals surface area contributed by atoms with Crippen LogP contribution in [0.2, 0.25) is 5.15 Å². The predicted octanol–water partition coefficient (Wildman–Crippen LogP) is 2.05. The van der Waals surface area contributed by atoms with E-state index < -0.39 is 12.7 Å². The lowest BCUT2D eigenvalue weighted by Crippen LogP contribution is -2.21. The van der Waals surface area contributed by atoms with Gasteiger partial charge in [-0.1, -0.05) is 11.6 Å². The number of hydrogen-bond acceptors (Lipinski definition) is 2. The molecule has 0 radical (unpaired) electrons. The summed E-state index contributed by atoms with van der Waals surface area (Å²) in [5.74, 6) is 0. The summed E-state index contributed by atoms with van der Waals surface area (Å²) in [7, 11) is 1.54. The summed E-state index contributed by atoms with van der Waals surface area (Å²) in [5, 5.41) is 5.96. The fourth-order valence-corrected chi connectivity index (χ4v) is 0.896. The Morgan fingerprint density at radius 2 is 2.23 bits per heavy atom. The maximum atomic E-state index is 11.7. The summed E-state index contributed by atoms with van der Waals surface area (Å²) in [4.78, 5) is 0. The number of aromatic nitrogens is 2. The number of anilines is 1. The number of hydrogen-bond donors (Lipinski definition) is 1. The molecule has 1 heterocycles. The van der Waals surface area contributed by atoms with Crippen molar-refractivity contribution in [1.82, 2.24) is 9.78 Å². The zero-order valence-electron chi connectivity index (χ0n) is 6.69. The third-order valence-corrected chi connectivity index (χ3v) is 1.79. The molecule has 0 unspecified atom stereocenters. The summed E-state index contributed by atoms with van der Waals surface area (Å²) < 4.78 is 36.5. The largest absolute Gasteiger partial charge is 0.405 e. The molecule has 0 saturated heterocycles. The first kappa shape index (κ1) is 10.2. The average molecular weight is 214 g/mol. The number of rotatable bonds is 2. The molecule has 13 heavy (non-hydrogen) atoms. The fraction of sp³-hybridized carbons (Fsp3) is 0.500. The second kappa shape index (κ2) is 3.45. The van der Waals surface area contributed by atoms with E-state index in [-0.39, 0.29) is 10.8 Å². The summed E-state index contributed by atoms with van der Waals surface area (Å²) in [6, 6.07) is 0. The molecule has 0 saturated carbocycles. The van der Waals surface area contributed by atoms with Crippen molar-refractivity contribution in [3.8, 4) is 0 Å². The van der Waals surface area contributed by atoms with Crippen LogP contribution >= 0.6 is 11.6 Å². The molecule has 0 spiro atoms. The van der Waals surface area contributed by atoms with Gasteiger partial charge in [0, 0.05) is 7.05 Å². The Balaban J connectivity index is 2.60. The van der Waals surface area contributed by atoms with Gasteiger partial charge in [-0.25, -0.2) is 0 Å². The molecule has 0 fully saturated rings. The SMILES string of the molecule is Cn1ncc(NCC(F)(F)F)c1Cl. The van der Waals surface area contributed by atoms with Crippen molar-refractivity contribution in [2.24, 2.45) is 7.05 Å². The highest BCUT2D eigenvalue weighted by Gasteiger charge is 2.27. The minimum absolute atomic E-state index is 0.157. The number of nitrogens with zero attached hydrogens (tertiary/aromatic N) is 2. The standard InChI is InChI=1S/C6H7ClF3N3/c1-13-5(7)4(2-12-13)11-3-6(8,9)10/h2,11H,3H2,1H3. The first-order chi connectivity index (χ1) is 5.90. The van der Waals surface area contributed by atoms with Gasteiger partial charge in [0.15, 0.2) is 0 Å². The van der Waals surface area contributed by atoms with Crippen molar-refractivity contribution in [2.45, 2.75) is 6.18 Å². The molecule has 0 amide bonds. The van der Waals surface area contributed by atoms with E-state index in [1.165, 1.54) is 10.9 Å². The Labute approximate surface area is 77.5 Å². The summed E-state index contributed by atoms with van der Waals surface area (Å²) in [6.07, 6.45) is -3.01. The molecule has 1 aromatic heterocycles. The zero-order chi connectivity index (χ0) is 10.1. The van der Waals surface area contributed by atoms with E-state index >= 15 is 0 Å². The van der Waals surface area contributed by atoms with Gasteiger partial charge >= 0.3 is 6.18 Å². The Morgan fingerprint density at radius 1 is 1.62 bits per heavy atom. The van der Waals surface area contributed by atoms with E-state index in [4.69, 9.17) is 11.6 Å². The zero-order valence-corrected chi connectivity index (χ0v) is 7.45. The molecule has 1 N–H and O–H groups in total. The number of aryl methyl sites for hydroxylation is 1. The molecule has 74 valence electrons. The van der Waals surface area contributed by atoms with E-state index in [0.717, 1.165) is 0 Å². The van der Waals surface area contributed by atoms with Crippen LogP contribution in [0.5, 0.6) is 0 Å². The predicted molar refractivity (Wildman–Crippen MR) is 42.8 cm³/mol. The molecule has 7 heteroatoms. The van der Waals surface area contributed by atoms with E-state index in [1.807, 2.05) is 0 Å². The molecular weight excluding hydrogens is 207 g/mol. The van der Waals surface area contributed by atoms with Gasteiger partial charge in [0.1, 0.15) is 11.7 Å². The highest BCUT2D eigenvalue weighted by Crippen LogP contribution is 2.22. The third-order valence-electron chi connectivity index (χ3n) is 1.35.